The Kier molecular flexibility index (Phi) is 3.88. The molecule has 2 aliphatic carbocycles. The highest BCUT2D eigenvalue weighted by atomic mass is 16.7. The van der Waals surface area contributed by atoms with E-state index in [1.54, 1.807) is 0 Å². The molecular formula is C17H26N2O. The van der Waals surface area contributed by atoms with Gasteiger partial charge in [-0.25, -0.2) is 0 Å². The van der Waals surface area contributed by atoms with Crippen LogP contribution < -0.4 is 0 Å². The number of hydroxylamine groups is 2. The fourth-order valence-corrected chi connectivity index (χ4v) is 4.06. The number of allylic oxidation sites excluding steroid dienone is 1. The minimum absolute atomic E-state index is 0.0637. The lowest BCUT2D eigenvalue weighted by atomic mass is 9.70. The molecule has 1 aliphatic heterocycles. The van der Waals surface area contributed by atoms with Crippen LogP contribution >= 0.6 is 0 Å². The van der Waals surface area contributed by atoms with Crippen molar-refractivity contribution in [3.05, 3.63) is 11.6 Å². The van der Waals surface area contributed by atoms with Crippen molar-refractivity contribution in [2.75, 3.05) is 0 Å². The standard InChI is InChI=1S/C17H26N2O/c1-13-8-9-17(2)11-15(12-18)19(20-16(17)10-13)14-6-4-3-5-7-14/h10,14-16H,3-9,11H2,1-2H3. The Labute approximate surface area is 122 Å². The first kappa shape index (κ1) is 14.1. The highest BCUT2D eigenvalue weighted by Crippen LogP contribution is 2.46. The molecule has 110 valence electrons. The Morgan fingerprint density at radius 1 is 1.35 bits per heavy atom. The second-order valence-electron chi connectivity index (χ2n) is 7.19. The van der Waals surface area contributed by atoms with Gasteiger partial charge in [0.15, 0.2) is 0 Å². The second kappa shape index (κ2) is 5.50. The maximum absolute atomic E-state index is 9.56. The van der Waals surface area contributed by atoms with Crippen molar-refractivity contribution >= 4 is 0 Å². The van der Waals surface area contributed by atoms with Crippen LogP contribution in [0.15, 0.2) is 11.6 Å². The van der Waals surface area contributed by atoms with Crippen molar-refractivity contribution < 1.29 is 4.84 Å². The number of rotatable bonds is 1. The van der Waals surface area contributed by atoms with Gasteiger partial charge in [-0.15, -0.1) is 0 Å². The minimum Gasteiger partial charge on any atom is -0.289 e. The second-order valence-corrected chi connectivity index (χ2v) is 7.19. The van der Waals surface area contributed by atoms with Crippen molar-refractivity contribution in [3.63, 3.8) is 0 Å². The highest BCUT2D eigenvalue weighted by molar-refractivity contribution is 5.15. The number of nitrogens with zero attached hydrogens (tertiary/aromatic N) is 2. The first-order valence-electron chi connectivity index (χ1n) is 8.14. The monoisotopic (exact) mass is 274 g/mol. The lowest BCUT2D eigenvalue weighted by Crippen LogP contribution is -2.56. The molecule has 0 radical (unpaired) electrons. The molecule has 0 aromatic heterocycles. The third kappa shape index (κ3) is 2.52. The van der Waals surface area contributed by atoms with E-state index in [1.165, 1.54) is 37.7 Å². The van der Waals surface area contributed by atoms with Crippen molar-refractivity contribution in [2.24, 2.45) is 5.41 Å². The molecule has 0 N–H and O–H groups in total. The summed E-state index contributed by atoms with van der Waals surface area (Å²) in [7, 11) is 0. The number of nitriles is 1. The third-order valence-corrected chi connectivity index (χ3v) is 5.50. The zero-order chi connectivity index (χ0) is 14.2. The van der Waals surface area contributed by atoms with Crippen LogP contribution in [0.25, 0.3) is 0 Å². The molecule has 3 aliphatic rings. The molecule has 3 heteroatoms. The summed E-state index contributed by atoms with van der Waals surface area (Å²) in [6.07, 6.45) is 12.0. The van der Waals surface area contributed by atoms with Crippen LogP contribution in [0, 0.1) is 16.7 Å². The van der Waals surface area contributed by atoms with Crippen LogP contribution in [-0.2, 0) is 4.84 Å². The number of hydrogen-bond donors (Lipinski definition) is 0. The zero-order valence-corrected chi connectivity index (χ0v) is 12.8. The first-order chi connectivity index (χ1) is 9.62. The van der Waals surface area contributed by atoms with E-state index < -0.39 is 0 Å². The average Bonchev–Trinajstić information content (AvgIpc) is 2.47. The Morgan fingerprint density at radius 2 is 2.10 bits per heavy atom. The summed E-state index contributed by atoms with van der Waals surface area (Å²) in [4.78, 5) is 6.34. The van der Waals surface area contributed by atoms with Gasteiger partial charge in [0.25, 0.3) is 0 Å². The van der Waals surface area contributed by atoms with Gasteiger partial charge in [0.1, 0.15) is 12.1 Å². The Balaban J connectivity index is 1.81. The summed E-state index contributed by atoms with van der Waals surface area (Å²) in [6.45, 7) is 4.49. The van der Waals surface area contributed by atoms with Gasteiger partial charge in [0, 0.05) is 11.5 Å². The molecule has 3 rings (SSSR count). The zero-order valence-electron chi connectivity index (χ0n) is 12.8. The molecule has 0 bridgehead atoms. The number of hydrogen-bond acceptors (Lipinski definition) is 3. The van der Waals surface area contributed by atoms with Gasteiger partial charge in [0.05, 0.1) is 6.07 Å². The van der Waals surface area contributed by atoms with Gasteiger partial charge in [-0.2, -0.15) is 10.3 Å². The van der Waals surface area contributed by atoms with Crippen LogP contribution in [-0.4, -0.2) is 23.3 Å². The fraction of sp³-hybridized carbons (Fsp3) is 0.824. The Hall–Kier alpha value is -0.850. The molecule has 1 saturated heterocycles. The van der Waals surface area contributed by atoms with E-state index in [4.69, 9.17) is 4.84 Å². The fourth-order valence-electron chi connectivity index (χ4n) is 4.06. The first-order valence-corrected chi connectivity index (χ1v) is 8.14. The normalized spacial score (nSPS) is 39.8. The van der Waals surface area contributed by atoms with Crippen molar-refractivity contribution in [3.8, 4) is 6.07 Å². The van der Waals surface area contributed by atoms with E-state index in [9.17, 15) is 5.26 Å². The molecule has 0 aromatic carbocycles. The molecule has 0 amide bonds. The molecule has 20 heavy (non-hydrogen) atoms. The van der Waals surface area contributed by atoms with Gasteiger partial charge in [0.2, 0.25) is 0 Å². The average molecular weight is 274 g/mol. The predicted molar refractivity (Wildman–Crippen MR) is 78.7 cm³/mol. The topological polar surface area (TPSA) is 36.3 Å². The van der Waals surface area contributed by atoms with Crippen molar-refractivity contribution in [1.29, 1.82) is 5.26 Å². The maximum Gasteiger partial charge on any atom is 0.123 e. The maximum atomic E-state index is 9.56. The summed E-state index contributed by atoms with van der Waals surface area (Å²) in [6, 6.07) is 2.89. The van der Waals surface area contributed by atoms with Crippen molar-refractivity contribution in [1.82, 2.24) is 5.06 Å². The Morgan fingerprint density at radius 3 is 2.80 bits per heavy atom. The summed E-state index contributed by atoms with van der Waals surface area (Å²) >= 11 is 0. The number of fused-ring (bicyclic) bond motifs is 1. The van der Waals surface area contributed by atoms with Gasteiger partial charge < -0.3 is 0 Å². The van der Waals surface area contributed by atoms with E-state index in [1.807, 2.05) is 0 Å². The van der Waals surface area contributed by atoms with Gasteiger partial charge >= 0.3 is 0 Å². The molecule has 3 nitrogen and oxygen atoms in total. The summed E-state index contributed by atoms with van der Waals surface area (Å²) < 4.78 is 0. The van der Waals surface area contributed by atoms with E-state index >= 15 is 0 Å². The molecule has 1 heterocycles. The highest BCUT2D eigenvalue weighted by Gasteiger charge is 2.47. The van der Waals surface area contributed by atoms with Gasteiger partial charge in [-0.1, -0.05) is 37.8 Å². The van der Waals surface area contributed by atoms with Crippen LogP contribution in [0.5, 0.6) is 0 Å². The van der Waals surface area contributed by atoms with Crippen LogP contribution in [0.3, 0.4) is 0 Å². The largest absolute Gasteiger partial charge is 0.289 e. The quantitative estimate of drug-likeness (QED) is 0.679. The van der Waals surface area contributed by atoms with Crippen molar-refractivity contribution in [2.45, 2.75) is 83.4 Å². The lowest BCUT2D eigenvalue weighted by molar-refractivity contribution is -0.287. The minimum atomic E-state index is -0.0637. The van der Waals surface area contributed by atoms with Gasteiger partial charge in [-0.3, -0.25) is 4.84 Å². The predicted octanol–water partition coefficient (Wildman–Crippen LogP) is 3.96. The van der Waals surface area contributed by atoms with E-state index in [2.05, 4.69) is 31.1 Å². The smallest absolute Gasteiger partial charge is 0.123 e. The molecule has 2 fully saturated rings. The molecule has 0 spiro atoms. The molecular weight excluding hydrogens is 248 g/mol. The van der Waals surface area contributed by atoms with Crippen LogP contribution in [0.4, 0.5) is 0 Å². The Bertz CT molecular complexity index is 433. The summed E-state index contributed by atoms with van der Waals surface area (Å²) in [5, 5.41) is 11.6. The molecule has 3 atom stereocenters. The van der Waals surface area contributed by atoms with E-state index in [-0.39, 0.29) is 17.6 Å². The summed E-state index contributed by atoms with van der Waals surface area (Å²) in [5.41, 5.74) is 1.58. The SMILES string of the molecule is CC1=CC2ON(C3CCCCC3)C(C#N)CC2(C)CC1. The third-order valence-electron chi connectivity index (χ3n) is 5.50. The molecule has 3 unspecified atom stereocenters. The van der Waals surface area contributed by atoms with E-state index in [0.717, 1.165) is 19.3 Å². The molecule has 1 saturated carbocycles. The van der Waals surface area contributed by atoms with Crippen LogP contribution in [0.2, 0.25) is 0 Å². The lowest BCUT2D eigenvalue weighted by Gasteiger charge is -2.51. The van der Waals surface area contributed by atoms with E-state index in [0.29, 0.717) is 6.04 Å². The van der Waals surface area contributed by atoms with Gasteiger partial charge in [-0.05, 0) is 39.0 Å². The summed E-state index contributed by atoms with van der Waals surface area (Å²) in [5.74, 6) is 0. The molecule has 0 aromatic rings. The van der Waals surface area contributed by atoms with Crippen LogP contribution in [0.1, 0.15) is 65.2 Å².